The molecule has 0 saturated carbocycles. The Morgan fingerprint density at radius 1 is 1.21 bits per heavy atom. The Kier molecular flexibility index (Phi) is 5.12. The van der Waals surface area contributed by atoms with Crippen molar-refractivity contribution < 1.29 is 14.3 Å². The number of carbonyl (C=O) groups excluding carboxylic acids is 2. The van der Waals surface area contributed by atoms with Gasteiger partial charge in [-0.2, -0.15) is 0 Å². The van der Waals surface area contributed by atoms with E-state index in [2.05, 4.69) is 15.3 Å². The Morgan fingerprint density at radius 2 is 2.04 bits per heavy atom. The van der Waals surface area contributed by atoms with Crippen LogP contribution in [0.2, 0.25) is 0 Å². The summed E-state index contributed by atoms with van der Waals surface area (Å²) in [7, 11) is 0. The van der Waals surface area contributed by atoms with Crippen LogP contribution >= 0.6 is 0 Å². The third kappa shape index (κ3) is 3.94. The normalized spacial score (nSPS) is 14.2. The highest BCUT2D eigenvalue weighted by Gasteiger charge is 2.19. The minimum atomic E-state index is -0.324. The molecule has 0 bridgehead atoms. The number of ether oxygens (including phenoxy) is 1. The maximum Gasteiger partial charge on any atom is 0.270 e. The van der Waals surface area contributed by atoms with Gasteiger partial charge < -0.3 is 15.0 Å². The van der Waals surface area contributed by atoms with E-state index in [0.29, 0.717) is 38.4 Å². The van der Waals surface area contributed by atoms with E-state index in [1.165, 1.54) is 12.3 Å². The highest BCUT2D eigenvalue weighted by Crippen LogP contribution is 2.09. The minimum absolute atomic E-state index is 0.109. The summed E-state index contributed by atoms with van der Waals surface area (Å²) in [5, 5.41) is 2.77. The zero-order chi connectivity index (χ0) is 16.8. The van der Waals surface area contributed by atoms with Gasteiger partial charge in [-0.05, 0) is 23.8 Å². The summed E-state index contributed by atoms with van der Waals surface area (Å²) in [5.74, 6) is -0.433. The number of hydrogen-bond acceptors (Lipinski definition) is 5. The lowest BCUT2D eigenvalue weighted by atomic mass is 10.2. The van der Waals surface area contributed by atoms with Crippen LogP contribution in [0.5, 0.6) is 0 Å². The summed E-state index contributed by atoms with van der Waals surface area (Å²) in [5.41, 5.74) is 1.57. The first-order chi connectivity index (χ1) is 11.7. The van der Waals surface area contributed by atoms with Gasteiger partial charge in [-0.1, -0.05) is 6.07 Å². The molecule has 1 saturated heterocycles. The number of morpholine rings is 1. The van der Waals surface area contributed by atoms with E-state index in [1.807, 2.05) is 6.07 Å². The molecule has 0 atom stereocenters. The second-order valence-corrected chi connectivity index (χ2v) is 5.38. The number of rotatable bonds is 4. The molecule has 3 heterocycles. The van der Waals surface area contributed by atoms with Crippen LogP contribution in [0.15, 0.2) is 42.9 Å². The lowest BCUT2D eigenvalue weighted by molar-refractivity contribution is 0.0303. The van der Waals surface area contributed by atoms with Gasteiger partial charge in [0.25, 0.3) is 11.8 Å². The Balaban J connectivity index is 1.65. The Morgan fingerprint density at radius 3 is 2.79 bits per heavy atom. The van der Waals surface area contributed by atoms with Crippen molar-refractivity contribution in [3.8, 4) is 0 Å². The van der Waals surface area contributed by atoms with Crippen molar-refractivity contribution in [3.63, 3.8) is 0 Å². The van der Waals surface area contributed by atoms with Gasteiger partial charge in [0.05, 0.1) is 13.2 Å². The molecule has 24 heavy (non-hydrogen) atoms. The molecule has 1 aliphatic rings. The number of amides is 2. The fraction of sp³-hybridized carbons (Fsp3) is 0.294. The summed E-state index contributed by atoms with van der Waals surface area (Å²) < 4.78 is 5.25. The van der Waals surface area contributed by atoms with E-state index in [4.69, 9.17) is 4.74 Å². The minimum Gasteiger partial charge on any atom is -0.378 e. The molecule has 0 unspecified atom stereocenters. The number of pyridine rings is 2. The zero-order valence-electron chi connectivity index (χ0n) is 13.1. The quantitative estimate of drug-likeness (QED) is 0.901. The Labute approximate surface area is 139 Å². The van der Waals surface area contributed by atoms with Crippen molar-refractivity contribution in [1.29, 1.82) is 0 Å². The number of aromatic nitrogens is 2. The van der Waals surface area contributed by atoms with Gasteiger partial charge in [0, 0.05) is 43.8 Å². The topological polar surface area (TPSA) is 84.4 Å². The number of hydrogen-bond donors (Lipinski definition) is 1. The van der Waals surface area contributed by atoms with Crippen LogP contribution in [0.1, 0.15) is 26.4 Å². The highest BCUT2D eigenvalue weighted by molar-refractivity contribution is 5.98. The molecule has 2 aromatic rings. The molecule has 124 valence electrons. The van der Waals surface area contributed by atoms with Gasteiger partial charge >= 0.3 is 0 Å². The summed E-state index contributed by atoms with van der Waals surface area (Å²) in [6.45, 7) is 2.55. The van der Waals surface area contributed by atoms with Gasteiger partial charge in [-0.3, -0.25) is 19.6 Å². The molecule has 1 N–H and O–H groups in total. The first-order valence-electron chi connectivity index (χ1n) is 7.74. The molecule has 0 aromatic carbocycles. The molecule has 1 aliphatic heterocycles. The summed E-state index contributed by atoms with van der Waals surface area (Å²) in [6, 6.07) is 6.83. The van der Waals surface area contributed by atoms with Crippen LogP contribution in [0, 0.1) is 0 Å². The molecule has 3 rings (SSSR count). The third-order valence-corrected chi connectivity index (χ3v) is 3.71. The van der Waals surface area contributed by atoms with Gasteiger partial charge in [-0.25, -0.2) is 0 Å². The molecule has 0 spiro atoms. The summed E-state index contributed by atoms with van der Waals surface area (Å²) in [6.07, 6.45) is 4.84. The van der Waals surface area contributed by atoms with E-state index in [9.17, 15) is 9.59 Å². The van der Waals surface area contributed by atoms with Crippen LogP contribution in [0.3, 0.4) is 0 Å². The van der Waals surface area contributed by atoms with Crippen molar-refractivity contribution in [3.05, 3.63) is 59.7 Å². The van der Waals surface area contributed by atoms with E-state index < -0.39 is 0 Å². The van der Waals surface area contributed by atoms with Gasteiger partial charge in [-0.15, -0.1) is 0 Å². The van der Waals surface area contributed by atoms with Crippen molar-refractivity contribution in [1.82, 2.24) is 20.2 Å². The molecule has 2 amide bonds. The zero-order valence-corrected chi connectivity index (χ0v) is 13.1. The second-order valence-electron chi connectivity index (χ2n) is 5.38. The molecular weight excluding hydrogens is 308 g/mol. The Hall–Kier alpha value is -2.80. The van der Waals surface area contributed by atoms with E-state index in [0.717, 1.165) is 5.56 Å². The van der Waals surface area contributed by atoms with Crippen LogP contribution in [0.25, 0.3) is 0 Å². The molecule has 0 radical (unpaired) electrons. The lowest BCUT2D eigenvalue weighted by Crippen LogP contribution is -2.40. The SMILES string of the molecule is O=C(NCc1cccnc1)c1cc(C(=O)N2CCOCC2)ccn1. The Bertz CT molecular complexity index is 715. The van der Waals surface area contributed by atoms with Crippen LogP contribution in [-0.4, -0.2) is 53.0 Å². The van der Waals surface area contributed by atoms with Crippen molar-refractivity contribution >= 4 is 11.8 Å². The predicted molar refractivity (Wildman–Crippen MR) is 86.4 cm³/mol. The lowest BCUT2D eigenvalue weighted by Gasteiger charge is -2.26. The van der Waals surface area contributed by atoms with Gasteiger partial charge in [0.1, 0.15) is 5.69 Å². The van der Waals surface area contributed by atoms with E-state index in [-0.39, 0.29) is 17.5 Å². The number of carbonyl (C=O) groups is 2. The van der Waals surface area contributed by atoms with Crippen LogP contribution in [-0.2, 0) is 11.3 Å². The van der Waals surface area contributed by atoms with E-state index >= 15 is 0 Å². The molecule has 2 aromatic heterocycles. The van der Waals surface area contributed by atoms with Crippen molar-refractivity contribution in [2.75, 3.05) is 26.3 Å². The average molecular weight is 326 g/mol. The average Bonchev–Trinajstić information content (AvgIpc) is 2.67. The fourth-order valence-corrected chi connectivity index (χ4v) is 2.41. The predicted octanol–water partition coefficient (Wildman–Crippen LogP) is 0.879. The first-order valence-corrected chi connectivity index (χ1v) is 7.74. The molecule has 7 nitrogen and oxygen atoms in total. The van der Waals surface area contributed by atoms with Crippen LogP contribution < -0.4 is 5.32 Å². The highest BCUT2D eigenvalue weighted by atomic mass is 16.5. The molecular formula is C17H18N4O3. The maximum absolute atomic E-state index is 12.5. The first kappa shape index (κ1) is 16.1. The molecule has 1 fully saturated rings. The standard InChI is InChI=1S/C17H18N4O3/c22-16(20-12-13-2-1-4-18-11-13)15-10-14(3-5-19-15)17(23)21-6-8-24-9-7-21/h1-5,10-11H,6-9,12H2,(H,20,22). The van der Waals surface area contributed by atoms with Crippen molar-refractivity contribution in [2.24, 2.45) is 0 Å². The number of nitrogens with zero attached hydrogens (tertiary/aromatic N) is 3. The second kappa shape index (κ2) is 7.65. The van der Waals surface area contributed by atoms with Gasteiger partial charge in [0.2, 0.25) is 0 Å². The fourth-order valence-electron chi connectivity index (χ4n) is 2.41. The largest absolute Gasteiger partial charge is 0.378 e. The molecule has 0 aliphatic carbocycles. The number of nitrogens with one attached hydrogen (secondary N) is 1. The maximum atomic E-state index is 12.5. The summed E-state index contributed by atoms with van der Waals surface area (Å²) in [4.78, 5) is 34.5. The molecule has 7 heteroatoms. The van der Waals surface area contributed by atoms with E-state index in [1.54, 1.807) is 29.4 Å². The third-order valence-electron chi connectivity index (χ3n) is 3.71. The van der Waals surface area contributed by atoms with Crippen molar-refractivity contribution in [2.45, 2.75) is 6.54 Å². The summed E-state index contributed by atoms with van der Waals surface area (Å²) >= 11 is 0. The van der Waals surface area contributed by atoms with Crippen LogP contribution in [0.4, 0.5) is 0 Å². The monoisotopic (exact) mass is 326 g/mol. The smallest absolute Gasteiger partial charge is 0.270 e. The van der Waals surface area contributed by atoms with Gasteiger partial charge in [0.15, 0.2) is 0 Å².